The van der Waals surface area contributed by atoms with Crippen LogP contribution < -0.4 is 0 Å². The van der Waals surface area contributed by atoms with E-state index in [-0.39, 0.29) is 11.9 Å². The fourth-order valence-corrected chi connectivity index (χ4v) is 3.16. The first-order valence-corrected chi connectivity index (χ1v) is 7.20. The molecule has 2 unspecified atom stereocenters. The van der Waals surface area contributed by atoms with Crippen molar-refractivity contribution in [1.29, 1.82) is 0 Å². The molecule has 0 aliphatic heterocycles. The number of aliphatic hydroxyl groups is 1. The second kappa shape index (κ2) is 5.29. The van der Waals surface area contributed by atoms with Crippen molar-refractivity contribution in [1.82, 2.24) is 9.88 Å². The molecule has 0 bridgehead atoms. The minimum absolute atomic E-state index is 0.0128. The number of amides is 1. The number of aromatic amines is 1. The lowest BCUT2D eigenvalue weighted by atomic mass is 9.91. The molecule has 0 radical (unpaired) electrons. The first-order chi connectivity index (χ1) is 9.68. The van der Waals surface area contributed by atoms with Crippen molar-refractivity contribution in [2.75, 3.05) is 7.05 Å². The van der Waals surface area contributed by atoms with Crippen LogP contribution in [0.3, 0.4) is 0 Å². The smallest absolute Gasteiger partial charge is 0.254 e. The van der Waals surface area contributed by atoms with Gasteiger partial charge in [0.05, 0.1) is 12.1 Å². The minimum atomic E-state index is -0.400. The highest BCUT2D eigenvalue weighted by Crippen LogP contribution is 2.25. The van der Waals surface area contributed by atoms with Crippen LogP contribution in [0.4, 0.5) is 0 Å². The van der Waals surface area contributed by atoms with E-state index >= 15 is 0 Å². The molecule has 1 heterocycles. The minimum Gasteiger partial charge on any atom is -0.391 e. The number of aromatic nitrogens is 1. The van der Waals surface area contributed by atoms with Gasteiger partial charge in [0.1, 0.15) is 0 Å². The Hall–Kier alpha value is -1.81. The number of likely N-dealkylation sites (N-methyl/N-ethyl adjacent to an activating group) is 1. The molecule has 1 aromatic carbocycles. The monoisotopic (exact) mass is 272 g/mol. The van der Waals surface area contributed by atoms with Crippen molar-refractivity contribution in [3.63, 3.8) is 0 Å². The van der Waals surface area contributed by atoms with Crippen molar-refractivity contribution in [3.8, 4) is 0 Å². The maximum atomic E-state index is 12.7. The molecule has 4 nitrogen and oxygen atoms in total. The Bertz CT molecular complexity index is 620. The molecule has 1 aliphatic carbocycles. The van der Waals surface area contributed by atoms with Gasteiger partial charge in [0.25, 0.3) is 5.91 Å². The molecule has 1 aromatic heterocycles. The molecule has 1 saturated carbocycles. The molecular weight excluding hydrogens is 252 g/mol. The number of benzene rings is 1. The first kappa shape index (κ1) is 13.2. The summed E-state index contributed by atoms with van der Waals surface area (Å²) in [6.45, 7) is 0. The summed E-state index contributed by atoms with van der Waals surface area (Å²) in [6.07, 6.45) is 5.24. The van der Waals surface area contributed by atoms with Gasteiger partial charge >= 0.3 is 0 Å². The van der Waals surface area contributed by atoms with Crippen molar-refractivity contribution in [2.45, 2.75) is 37.8 Å². The standard InChI is InChI=1S/C16H20N2O2/c1-18(14-7-2-3-8-15(14)19)16(20)12-5-4-6-13-11(12)9-10-17-13/h4-6,9-10,14-15,17,19H,2-3,7-8H2,1H3. The maximum Gasteiger partial charge on any atom is 0.254 e. The molecule has 2 atom stereocenters. The molecule has 20 heavy (non-hydrogen) atoms. The highest BCUT2D eigenvalue weighted by molar-refractivity contribution is 6.06. The third-order valence-corrected chi connectivity index (χ3v) is 4.34. The second-order valence-electron chi connectivity index (χ2n) is 5.58. The zero-order valence-electron chi connectivity index (χ0n) is 11.7. The molecule has 4 heteroatoms. The molecule has 3 rings (SSSR count). The normalized spacial score (nSPS) is 22.9. The van der Waals surface area contributed by atoms with Gasteiger partial charge in [-0.15, -0.1) is 0 Å². The average Bonchev–Trinajstić information content (AvgIpc) is 2.94. The van der Waals surface area contributed by atoms with Crippen molar-refractivity contribution in [3.05, 3.63) is 36.0 Å². The number of H-pyrrole nitrogens is 1. The van der Waals surface area contributed by atoms with Crippen LogP contribution in [0.25, 0.3) is 10.9 Å². The van der Waals surface area contributed by atoms with Gasteiger partial charge in [-0.05, 0) is 31.0 Å². The van der Waals surface area contributed by atoms with Gasteiger partial charge in [-0.2, -0.15) is 0 Å². The summed E-state index contributed by atoms with van der Waals surface area (Å²) in [5, 5.41) is 11.0. The molecule has 0 saturated heterocycles. The number of hydrogen-bond donors (Lipinski definition) is 2. The summed E-state index contributed by atoms with van der Waals surface area (Å²) < 4.78 is 0. The maximum absolute atomic E-state index is 12.7. The SMILES string of the molecule is CN(C(=O)c1cccc2[nH]ccc12)C1CCCCC1O. The molecule has 1 aliphatic rings. The van der Waals surface area contributed by atoms with Crippen LogP contribution >= 0.6 is 0 Å². The van der Waals surface area contributed by atoms with E-state index in [1.54, 1.807) is 11.9 Å². The molecule has 1 fully saturated rings. The Kier molecular flexibility index (Phi) is 3.49. The molecule has 0 spiro atoms. The van der Waals surface area contributed by atoms with Crippen molar-refractivity contribution < 1.29 is 9.90 Å². The third-order valence-electron chi connectivity index (χ3n) is 4.34. The second-order valence-corrected chi connectivity index (χ2v) is 5.58. The number of nitrogens with one attached hydrogen (secondary N) is 1. The summed E-state index contributed by atoms with van der Waals surface area (Å²) in [4.78, 5) is 17.5. The van der Waals surface area contributed by atoms with Gasteiger partial charge in [0.15, 0.2) is 0 Å². The van der Waals surface area contributed by atoms with E-state index in [9.17, 15) is 9.90 Å². The lowest BCUT2D eigenvalue weighted by Crippen LogP contribution is -2.46. The number of fused-ring (bicyclic) bond motifs is 1. The Labute approximate surface area is 118 Å². The summed E-state index contributed by atoms with van der Waals surface area (Å²) >= 11 is 0. The van der Waals surface area contributed by atoms with E-state index in [0.29, 0.717) is 5.56 Å². The number of rotatable bonds is 2. The topological polar surface area (TPSA) is 56.3 Å². The quantitative estimate of drug-likeness (QED) is 0.882. The average molecular weight is 272 g/mol. The van der Waals surface area contributed by atoms with Crippen LogP contribution in [0.5, 0.6) is 0 Å². The highest BCUT2D eigenvalue weighted by atomic mass is 16.3. The van der Waals surface area contributed by atoms with Crippen LogP contribution in [-0.2, 0) is 0 Å². The summed E-state index contributed by atoms with van der Waals surface area (Å²) in [5.41, 5.74) is 1.66. The molecule has 106 valence electrons. The van der Waals surface area contributed by atoms with Gasteiger partial charge in [0, 0.05) is 29.7 Å². The molecular formula is C16H20N2O2. The zero-order chi connectivity index (χ0) is 14.1. The summed E-state index contributed by atoms with van der Waals surface area (Å²) in [7, 11) is 1.80. The number of nitrogens with zero attached hydrogens (tertiary/aromatic N) is 1. The van der Waals surface area contributed by atoms with Crippen LogP contribution in [0, 0.1) is 0 Å². The van der Waals surface area contributed by atoms with Gasteiger partial charge in [0.2, 0.25) is 0 Å². The van der Waals surface area contributed by atoms with E-state index in [4.69, 9.17) is 0 Å². The van der Waals surface area contributed by atoms with Gasteiger partial charge in [-0.25, -0.2) is 0 Å². The number of carbonyl (C=O) groups is 1. The van der Waals surface area contributed by atoms with E-state index < -0.39 is 6.10 Å². The zero-order valence-corrected chi connectivity index (χ0v) is 11.7. The Morgan fingerprint density at radius 2 is 2.10 bits per heavy atom. The van der Waals surface area contributed by atoms with Crippen molar-refractivity contribution >= 4 is 16.8 Å². The Morgan fingerprint density at radius 3 is 2.90 bits per heavy atom. The lowest BCUT2D eigenvalue weighted by molar-refractivity contribution is 0.0269. The van der Waals surface area contributed by atoms with Gasteiger partial charge < -0.3 is 15.0 Å². The molecule has 2 N–H and O–H groups in total. The van der Waals surface area contributed by atoms with Gasteiger partial charge in [-0.1, -0.05) is 18.9 Å². The Morgan fingerprint density at radius 1 is 1.30 bits per heavy atom. The van der Waals surface area contributed by atoms with E-state index in [1.165, 1.54) is 0 Å². The van der Waals surface area contributed by atoms with Crippen LogP contribution in [0.15, 0.2) is 30.5 Å². The van der Waals surface area contributed by atoms with E-state index in [0.717, 1.165) is 36.6 Å². The summed E-state index contributed by atoms with van der Waals surface area (Å²) in [6, 6.07) is 7.56. The van der Waals surface area contributed by atoms with E-state index in [2.05, 4.69) is 4.98 Å². The van der Waals surface area contributed by atoms with Crippen molar-refractivity contribution in [2.24, 2.45) is 0 Å². The number of aliphatic hydroxyl groups excluding tert-OH is 1. The first-order valence-electron chi connectivity index (χ1n) is 7.20. The van der Waals surface area contributed by atoms with Crippen LogP contribution in [0.1, 0.15) is 36.0 Å². The summed E-state index contributed by atoms with van der Waals surface area (Å²) in [5.74, 6) is -0.0128. The van der Waals surface area contributed by atoms with Crippen LogP contribution in [-0.4, -0.2) is 40.1 Å². The van der Waals surface area contributed by atoms with E-state index in [1.807, 2.05) is 30.5 Å². The molecule has 2 aromatic rings. The fraction of sp³-hybridized carbons (Fsp3) is 0.438. The number of carbonyl (C=O) groups excluding carboxylic acids is 1. The lowest BCUT2D eigenvalue weighted by Gasteiger charge is -2.35. The van der Waals surface area contributed by atoms with Gasteiger partial charge in [-0.3, -0.25) is 4.79 Å². The predicted octanol–water partition coefficient (Wildman–Crippen LogP) is 2.54. The largest absolute Gasteiger partial charge is 0.391 e. The Balaban J connectivity index is 1.89. The predicted molar refractivity (Wildman–Crippen MR) is 78.7 cm³/mol. The van der Waals surface area contributed by atoms with Crippen LogP contribution in [0.2, 0.25) is 0 Å². The fourth-order valence-electron chi connectivity index (χ4n) is 3.16. The number of hydrogen-bond acceptors (Lipinski definition) is 2. The third kappa shape index (κ3) is 2.20. The highest BCUT2D eigenvalue weighted by Gasteiger charge is 2.30. The molecule has 1 amide bonds.